The summed E-state index contributed by atoms with van der Waals surface area (Å²) in [7, 11) is 0. The number of benzene rings is 2. The summed E-state index contributed by atoms with van der Waals surface area (Å²) in [6.45, 7) is 0.271. The van der Waals surface area contributed by atoms with E-state index in [1.54, 1.807) is 29.2 Å². The van der Waals surface area contributed by atoms with Gasteiger partial charge in [-0.15, -0.1) is 0 Å². The summed E-state index contributed by atoms with van der Waals surface area (Å²) in [6, 6.07) is 15.6. The monoisotopic (exact) mass is 430 g/mol. The highest BCUT2D eigenvalue weighted by atomic mass is 16.5. The van der Waals surface area contributed by atoms with Crippen LogP contribution in [0.15, 0.2) is 66.7 Å². The van der Waals surface area contributed by atoms with Gasteiger partial charge in [0.15, 0.2) is 0 Å². The van der Waals surface area contributed by atoms with Crippen LogP contribution in [0.3, 0.4) is 0 Å². The van der Waals surface area contributed by atoms with E-state index in [1.807, 2.05) is 42.5 Å². The van der Waals surface area contributed by atoms with E-state index in [9.17, 15) is 19.2 Å². The van der Waals surface area contributed by atoms with Gasteiger partial charge >= 0.3 is 5.97 Å². The SMILES string of the molecule is O=C(Oc1ccc(N2C(=O)[C@H]3CC=CC[C@@H]3C2=O)cc1)[C@@H]1CC(=O)N(c2ccccc2)C1. The Labute approximate surface area is 185 Å². The number of imide groups is 1. The lowest BCUT2D eigenvalue weighted by atomic mass is 9.85. The predicted octanol–water partition coefficient (Wildman–Crippen LogP) is 3.10. The van der Waals surface area contributed by atoms with Crippen molar-refractivity contribution in [1.29, 1.82) is 0 Å². The fraction of sp³-hybridized carbons (Fsp3) is 0.280. The molecule has 0 radical (unpaired) electrons. The lowest BCUT2D eigenvalue weighted by Crippen LogP contribution is -2.30. The van der Waals surface area contributed by atoms with Gasteiger partial charge in [-0.3, -0.25) is 24.1 Å². The van der Waals surface area contributed by atoms with Gasteiger partial charge in [0.1, 0.15) is 5.75 Å². The van der Waals surface area contributed by atoms with Gasteiger partial charge in [0.05, 0.1) is 23.4 Å². The lowest BCUT2D eigenvalue weighted by Gasteiger charge is -2.17. The van der Waals surface area contributed by atoms with E-state index in [4.69, 9.17) is 4.74 Å². The van der Waals surface area contributed by atoms with E-state index < -0.39 is 11.9 Å². The molecule has 7 heteroatoms. The zero-order valence-corrected chi connectivity index (χ0v) is 17.3. The van der Waals surface area contributed by atoms with Crippen LogP contribution in [0.1, 0.15) is 19.3 Å². The number of carbonyl (C=O) groups excluding carboxylic acids is 4. The van der Waals surface area contributed by atoms with E-state index in [1.165, 1.54) is 4.90 Å². The fourth-order valence-electron chi connectivity index (χ4n) is 4.64. The number of rotatable bonds is 4. The number of para-hydroxylation sites is 1. The van der Waals surface area contributed by atoms with E-state index in [2.05, 4.69) is 0 Å². The molecule has 0 aromatic heterocycles. The Morgan fingerprint density at radius 3 is 2.06 bits per heavy atom. The van der Waals surface area contributed by atoms with Crippen LogP contribution in [0.5, 0.6) is 5.75 Å². The van der Waals surface area contributed by atoms with E-state index in [0.29, 0.717) is 24.3 Å². The Hall–Kier alpha value is -3.74. The second kappa shape index (κ2) is 8.07. The Balaban J connectivity index is 1.25. The zero-order chi connectivity index (χ0) is 22.2. The Morgan fingerprint density at radius 1 is 0.812 bits per heavy atom. The van der Waals surface area contributed by atoms with Gasteiger partial charge in [0, 0.05) is 18.7 Å². The molecule has 0 bridgehead atoms. The molecule has 2 aromatic carbocycles. The van der Waals surface area contributed by atoms with Crippen molar-refractivity contribution in [3.8, 4) is 5.75 Å². The van der Waals surface area contributed by atoms with Crippen LogP contribution >= 0.6 is 0 Å². The maximum atomic E-state index is 12.7. The van der Waals surface area contributed by atoms with Crippen molar-refractivity contribution in [2.24, 2.45) is 17.8 Å². The number of amides is 3. The Bertz CT molecular complexity index is 1080. The molecule has 0 N–H and O–H groups in total. The molecule has 3 amide bonds. The molecule has 0 saturated carbocycles. The van der Waals surface area contributed by atoms with Crippen LogP contribution in [-0.4, -0.2) is 30.2 Å². The molecule has 0 spiro atoms. The van der Waals surface area contributed by atoms with E-state index >= 15 is 0 Å². The second-order valence-corrected chi connectivity index (χ2v) is 8.32. The molecule has 2 fully saturated rings. The summed E-state index contributed by atoms with van der Waals surface area (Å²) in [5, 5.41) is 0. The largest absolute Gasteiger partial charge is 0.426 e. The van der Waals surface area contributed by atoms with Crippen LogP contribution in [0.25, 0.3) is 0 Å². The van der Waals surface area contributed by atoms with Gasteiger partial charge < -0.3 is 9.64 Å². The summed E-state index contributed by atoms with van der Waals surface area (Å²) in [6.07, 6.45) is 5.17. The number of carbonyl (C=O) groups is 4. The topological polar surface area (TPSA) is 84.0 Å². The molecule has 0 unspecified atom stereocenters. The normalized spacial score (nSPS) is 24.8. The quantitative estimate of drug-likeness (QED) is 0.322. The molecular weight excluding hydrogens is 408 g/mol. The van der Waals surface area contributed by atoms with Crippen molar-refractivity contribution >= 4 is 35.1 Å². The summed E-state index contributed by atoms with van der Waals surface area (Å²) < 4.78 is 5.48. The minimum Gasteiger partial charge on any atom is -0.426 e. The molecule has 2 saturated heterocycles. The molecule has 1 aliphatic carbocycles. The average molecular weight is 430 g/mol. The maximum Gasteiger partial charge on any atom is 0.316 e. The van der Waals surface area contributed by atoms with E-state index in [-0.39, 0.29) is 42.5 Å². The molecule has 3 aliphatic rings. The third kappa shape index (κ3) is 3.49. The summed E-state index contributed by atoms with van der Waals surface area (Å²) in [5.74, 6) is -1.79. The highest BCUT2D eigenvalue weighted by Gasteiger charge is 2.47. The predicted molar refractivity (Wildman–Crippen MR) is 117 cm³/mol. The third-order valence-corrected chi connectivity index (χ3v) is 6.35. The van der Waals surface area contributed by atoms with Crippen molar-refractivity contribution in [2.45, 2.75) is 19.3 Å². The number of allylic oxidation sites excluding steroid dienone is 2. The average Bonchev–Trinajstić information content (AvgIpc) is 3.33. The summed E-state index contributed by atoms with van der Waals surface area (Å²) in [4.78, 5) is 53.2. The van der Waals surface area contributed by atoms with Crippen molar-refractivity contribution in [1.82, 2.24) is 0 Å². The number of ether oxygens (including phenoxy) is 1. The van der Waals surface area contributed by atoms with Gasteiger partial charge in [-0.05, 0) is 49.2 Å². The van der Waals surface area contributed by atoms with Crippen molar-refractivity contribution in [3.05, 3.63) is 66.7 Å². The third-order valence-electron chi connectivity index (χ3n) is 6.35. The van der Waals surface area contributed by atoms with Crippen molar-refractivity contribution in [3.63, 3.8) is 0 Å². The molecule has 3 atom stereocenters. The molecule has 2 aromatic rings. The Morgan fingerprint density at radius 2 is 1.44 bits per heavy atom. The summed E-state index contributed by atoms with van der Waals surface area (Å²) in [5.41, 5.74) is 1.23. The highest BCUT2D eigenvalue weighted by molar-refractivity contribution is 6.22. The molecule has 5 rings (SSSR count). The summed E-state index contributed by atoms with van der Waals surface area (Å²) >= 11 is 0. The van der Waals surface area contributed by atoms with Gasteiger partial charge in [-0.2, -0.15) is 0 Å². The standard InChI is InChI=1S/C25H22N2O5/c28-22-14-16(15-26(22)17-6-2-1-3-7-17)25(31)32-19-12-10-18(11-13-19)27-23(29)20-8-4-5-9-21(20)24(27)30/h1-7,10-13,16,20-21H,8-9,14-15H2/t16-,20+,21+/m1/s1. The highest BCUT2D eigenvalue weighted by Crippen LogP contribution is 2.38. The molecular formula is C25H22N2O5. The maximum absolute atomic E-state index is 12.7. The van der Waals surface area contributed by atoms with Crippen LogP contribution in [0.2, 0.25) is 0 Å². The van der Waals surface area contributed by atoms with Crippen molar-refractivity contribution in [2.75, 3.05) is 16.3 Å². The minimum absolute atomic E-state index is 0.0966. The van der Waals surface area contributed by atoms with Gasteiger partial charge in [0.25, 0.3) is 0 Å². The van der Waals surface area contributed by atoms with Crippen LogP contribution in [-0.2, 0) is 19.2 Å². The Kier molecular flexibility index (Phi) is 5.09. The first-order valence-corrected chi connectivity index (χ1v) is 10.7. The van der Waals surface area contributed by atoms with E-state index in [0.717, 1.165) is 5.69 Å². The molecule has 2 aliphatic heterocycles. The van der Waals surface area contributed by atoms with Gasteiger partial charge in [0.2, 0.25) is 17.7 Å². The number of fused-ring (bicyclic) bond motifs is 1. The molecule has 162 valence electrons. The smallest absolute Gasteiger partial charge is 0.316 e. The van der Waals surface area contributed by atoms with Gasteiger partial charge in [-0.1, -0.05) is 30.4 Å². The van der Waals surface area contributed by atoms with Crippen LogP contribution in [0.4, 0.5) is 11.4 Å². The first-order valence-electron chi connectivity index (χ1n) is 10.7. The number of nitrogens with zero attached hydrogens (tertiary/aromatic N) is 2. The number of hydrogen-bond donors (Lipinski definition) is 0. The first-order chi connectivity index (χ1) is 15.5. The minimum atomic E-state index is -0.556. The lowest BCUT2D eigenvalue weighted by molar-refractivity contribution is -0.139. The van der Waals surface area contributed by atoms with Gasteiger partial charge in [-0.25, -0.2) is 0 Å². The first kappa shape index (κ1) is 20.2. The zero-order valence-electron chi connectivity index (χ0n) is 17.3. The van der Waals surface area contributed by atoms with Crippen LogP contribution in [0, 0.1) is 17.8 Å². The molecule has 7 nitrogen and oxygen atoms in total. The fourth-order valence-corrected chi connectivity index (χ4v) is 4.64. The number of hydrogen-bond acceptors (Lipinski definition) is 5. The molecule has 32 heavy (non-hydrogen) atoms. The van der Waals surface area contributed by atoms with Crippen LogP contribution < -0.4 is 14.5 Å². The van der Waals surface area contributed by atoms with Crippen molar-refractivity contribution < 1.29 is 23.9 Å². The molecule has 2 heterocycles. The number of anilines is 2. The second-order valence-electron chi connectivity index (χ2n) is 8.32. The number of esters is 1.